The van der Waals surface area contributed by atoms with Crippen molar-refractivity contribution >= 4 is 6.08 Å². The van der Waals surface area contributed by atoms with Crippen molar-refractivity contribution < 1.29 is 18.3 Å². The van der Waals surface area contributed by atoms with Crippen LogP contribution in [0.3, 0.4) is 0 Å². The van der Waals surface area contributed by atoms with Crippen LogP contribution >= 0.6 is 0 Å². The van der Waals surface area contributed by atoms with E-state index in [2.05, 4.69) is 0 Å². The Labute approximate surface area is 92.2 Å². The largest absolute Gasteiger partial charge is 0.416 e. The fourth-order valence-electron chi connectivity index (χ4n) is 1.14. The van der Waals surface area contributed by atoms with Crippen LogP contribution < -0.4 is 0 Å². The Morgan fingerprint density at radius 3 is 2.25 bits per heavy atom. The molecule has 88 valence electrons. The highest BCUT2D eigenvalue weighted by Gasteiger charge is 2.29. The third-order valence-electron chi connectivity index (χ3n) is 2.17. The summed E-state index contributed by atoms with van der Waals surface area (Å²) in [6.45, 7) is 1.82. The topological polar surface area (TPSA) is 20.2 Å². The molecule has 0 saturated heterocycles. The molecule has 0 aromatic heterocycles. The zero-order chi connectivity index (χ0) is 12.2. The lowest BCUT2D eigenvalue weighted by Gasteiger charge is -2.06. The van der Waals surface area contributed by atoms with Crippen molar-refractivity contribution in [2.45, 2.75) is 25.6 Å². The molecule has 1 N–H and O–H groups in total. The minimum absolute atomic E-state index is 0.553. The molecule has 1 atom stereocenters. The summed E-state index contributed by atoms with van der Waals surface area (Å²) in [5.41, 5.74) is -0.0267. The molecular formula is C12H13F3O. The summed E-state index contributed by atoms with van der Waals surface area (Å²) in [7, 11) is 0. The van der Waals surface area contributed by atoms with Gasteiger partial charge >= 0.3 is 6.18 Å². The maximum Gasteiger partial charge on any atom is 0.416 e. The number of halogens is 3. The Morgan fingerprint density at radius 2 is 1.81 bits per heavy atom. The zero-order valence-corrected chi connectivity index (χ0v) is 8.83. The lowest BCUT2D eigenvalue weighted by Crippen LogP contribution is -2.04. The SMILES string of the molecule is CC[C@H](O)/C=C/c1ccc(C(F)(F)F)cc1. The van der Waals surface area contributed by atoms with Gasteiger partial charge in [0.25, 0.3) is 0 Å². The van der Waals surface area contributed by atoms with E-state index in [1.807, 2.05) is 6.92 Å². The molecule has 0 bridgehead atoms. The molecule has 1 nitrogen and oxygen atoms in total. The van der Waals surface area contributed by atoms with Gasteiger partial charge in [-0.1, -0.05) is 31.2 Å². The maximum atomic E-state index is 12.2. The predicted molar refractivity (Wildman–Crippen MR) is 56.8 cm³/mol. The van der Waals surface area contributed by atoms with E-state index in [0.717, 1.165) is 12.1 Å². The second kappa shape index (κ2) is 5.16. The van der Waals surface area contributed by atoms with Gasteiger partial charge in [-0.2, -0.15) is 13.2 Å². The predicted octanol–water partition coefficient (Wildman–Crippen LogP) is 3.49. The minimum atomic E-state index is -4.30. The van der Waals surface area contributed by atoms with Crippen molar-refractivity contribution in [2.75, 3.05) is 0 Å². The average molecular weight is 230 g/mol. The molecule has 0 saturated carbocycles. The van der Waals surface area contributed by atoms with Crippen molar-refractivity contribution in [3.8, 4) is 0 Å². The van der Waals surface area contributed by atoms with Crippen molar-refractivity contribution in [3.63, 3.8) is 0 Å². The van der Waals surface area contributed by atoms with Crippen LogP contribution in [0, 0.1) is 0 Å². The average Bonchev–Trinajstić information content (AvgIpc) is 2.25. The van der Waals surface area contributed by atoms with Crippen LogP contribution in [0.2, 0.25) is 0 Å². The Bertz CT molecular complexity index is 352. The zero-order valence-electron chi connectivity index (χ0n) is 8.83. The van der Waals surface area contributed by atoms with Gasteiger partial charge in [-0.05, 0) is 24.1 Å². The van der Waals surface area contributed by atoms with Crippen LogP contribution in [-0.2, 0) is 6.18 Å². The number of hydrogen-bond donors (Lipinski definition) is 1. The fourth-order valence-corrected chi connectivity index (χ4v) is 1.14. The highest BCUT2D eigenvalue weighted by Crippen LogP contribution is 2.29. The summed E-state index contributed by atoms with van der Waals surface area (Å²) in [5, 5.41) is 9.24. The van der Waals surface area contributed by atoms with E-state index >= 15 is 0 Å². The molecule has 0 aliphatic carbocycles. The summed E-state index contributed by atoms with van der Waals surface area (Å²) in [4.78, 5) is 0. The van der Waals surface area contributed by atoms with Gasteiger partial charge in [0.15, 0.2) is 0 Å². The molecule has 1 aromatic rings. The Balaban J connectivity index is 2.76. The van der Waals surface area contributed by atoms with Crippen LogP contribution in [0.25, 0.3) is 6.08 Å². The number of benzene rings is 1. The Kier molecular flexibility index (Phi) is 4.12. The van der Waals surface area contributed by atoms with Crippen LogP contribution in [0.5, 0.6) is 0 Å². The number of rotatable bonds is 3. The van der Waals surface area contributed by atoms with E-state index in [0.29, 0.717) is 12.0 Å². The molecule has 0 spiro atoms. The summed E-state index contributed by atoms with van der Waals surface area (Å²) < 4.78 is 36.7. The molecule has 0 amide bonds. The highest BCUT2D eigenvalue weighted by atomic mass is 19.4. The molecule has 1 rings (SSSR count). The van der Waals surface area contributed by atoms with Crippen molar-refractivity contribution in [1.29, 1.82) is 0 Å². The molecule has 16 heavy (non-hydrogen) atoms. The molecule has 1 aromatic carbocycles. The molecule has 0 aliphatic rings. The van der Waals surface area contributed by atoms with E-state index in [1.165, 1.54) is 12.1 Å². The standard InChI is InChI=1S/C12H13F3O/c1-2-11(16)8-5-9-3-6-10(7-4-9)12(13,14)15/h3-8,11,16H,2H2,1H3/b8-5+/t11-/m0/s1. The van der Waals surface area contributed by atoms with Gasteiger partial charge < -0.3 is 5.11 Å². The first kappa shape index (κ1) is 12.8. The van der Waals surface area contributed by atoms with Crippen LogP contribution in [-0.4, -0.2) is 11.2 Å². The molecule has 0 aliphatic heterocycles. The van der Waals surface area contributed by atoms with E-state index in [9.17, 15) is 18.3 Å². The first-order valence-electron chi connectivity index (χ1n) is 4.97. The minimum Gasteiger partial charge on any atom is -0.389 e. The van der Waals surface area contributed by atoms with E-state index in [4.69, 9.17) is 0 Å². The smallest absolute Gasteiger partial charge is 0.389 e. The van der Waals surface area contributed by atoms with E-state index in [1.54, 1.807) is 12.2 Å². The van der Waals surface area contributed by atoms with Gasteiger partial charge in [0, 0.05) is 0 Å². The normalized spacial score (nSPS) is 14.3. The first-order chi connectivity index (χ1) is 7.43. The monoisotopic (exact) mass is 230 g/mol. The van der Waals surface area contributed by atoms with Crippen molar-refractivity contribution in [3.05, 3.63) is 41.5 Å². The Morgan fingerprint density at radius 1 is 1.25 bits per heavy atom. The first-order valence-corrected chi connectivity index (χ1v) is 4.97. The second-order valence-corrected chi connectivity index (χ2v) is 3.45. The van der Waals surface area contributed by atoms with Gasteiger partial charge in [0.05, 0.1) is 11.7 Å². The number of alkyl halides is 3. The summed E-state index contributed by atoms with van der Waals surface area (Å²) in [5.74, 6) is 0. The molecule has 0 fully saturated rings. The quantitative estimate of drug-likeness (QED) is 0.842. The van der Waals surface area contributed by atoms with Crippen LogP contribution in [0.15, 0.2) is 30.3 Å². The second-order valence-electron chi connectivity index (χ2n) is 3.45. The molecule has 0 unspecified atom stereocenters. The fraction of sp³-hybridized carbons (Fsp3) is 0.333. The van der Waals surface area contributed by atoms with E-state index < -0.39 is 17.8 Å². The molecular weight excluding hydrogens is 217 g/mol. The molecule has 4 heteroatoms. The Hall–Kier alpha value is -1.29. The third kappa shape index (κ3) is 3.70. The molecule has 0 heterocycles. The summed E-state index contributed by atoms with van der Waals surface area (Å²) in [6, 6.07) is 4.80. The maximum absolute atomic E-state index is 12.2. The lowest BCUT2D eigenvalue weighted by molar-refractivity contribution is -0.137. The molecule has 0 radical (unpaired) electrons. The van der Waals surface area contributed by atoms with Crippen LogP contribution in [0.1, 0.15) is 24.5 Å². The number of hydrogen-bond acceptors (Lipinski definition) is 1. The summed E-state index contributed by atoms with van der Waals surface area (Å²) >= 11 is 0. The van der Waals surface area contributed by atoms with Gasteiger partial charge in [-0.25, -0.2) is 0 Å². The number of aliphatic hydroxyl groups excluding tert-OH is 1. The third-order valence-corrected chi connectivity index (χ3v) is 2.17. The van der Waals surface area contributed by atoms with Gasteiger partial charge in [0.2, 0.25) is 0 Å². The van der Waals surface area contributed by atoms with Crippen LogP contribution in [0.4, 0.5) is 13.2 Å². The number of aliphatic hydroxyl groups is 1. The van der Waals surface area contributed by atoms with Gasteiger partial charge in [-0.3, -0.25) is 0 Å². The highest BCUT2D eigenvalue weighted by molar-refractivity contribution is 5.50. The lowest BCUT2D eigenvalue weighted by atomic mass is 10.1. The van der Waals surface area contributed by atoms with Gasteiger partial charge in [-0.15, -0.1) is 0 Å². The van der Waals surface area contributed by atoms with Crippen molar-refractivity contribution in [1.82, 2.24) is 0 Å². The van der Waals surface area contributed by atoms with Gasteiger partial charge in [0.1, 0.15) is 0 Å². The van der Waals surface area contributed by atoms with E-state index in [-0.39, 0.29) is 0 Å². The summed E-state index contributed by atoms with van der Waals surface area (Å²) in [6.07, 6.45) is -1.11. The van der Waals surface area contributed by atoms with Crippen molar-refractivity contribution in [2.24, 2.45) is 0 Å².